The van der Waals surface area contributed by atoms with Crippen molar-refractivity contribution in [2.24, 2.45) is 0 Å². The molecule has 6 nitrogen and oxygen atoms in total. The summed E-state index contributed by atoms with van der Waals surface area (Å²) in [6.07, 6.45) is 1.10. The summed E-state index contributed by atoms with van der Waals surface area (Å²) in [7, 11) is 0. The van der Waals surface area contributed by atoms with Crippen LogP contribution in [0.3, 0.4) is 0 Å². The van der Waals surface area contributed by atoms with Crippen LogP contribution in [0.1, 0.15) is 6.42 Å². The van der Waals surface area contributed by atoms with Crippen LogP contribution in [-0.2, 0) is 19.1 Å². The summed E-state index contributed by atoms with van der Waals surface area (Å²) in [4.78, 5) is 21.3. The lowest BCUT2D eigenvalue weighted by Crippen LogP contribution is -2.26. The van der Waals surface area contributed by atoms with Crippen molar-refractivity contribution >= 4 is 11.9 Å². The van der Waals surface area contributed by atoms with Crippen molar-refractivity contribution in [3.63, 3.8) is 0 Å². The van der Waals surface area contributed by atoms with Crippen LogP contribution in [0.5, 0.6) is 0 Å². The number of esters is 2. The van der Waals surface area contributed by atoms with Crippen molar-refractivity contribution < 1.29 is 29.3 Å². The van der Waals surface area contributed by atoms with Gasteiger partial charge in [0.2, 0.25) is 0 Å². The van der Waals surface area contributed by atoms with E-state index in [9.17, 15) is 9.59 Å². The van der Waals surface area contributed by atoms with Gasteiger partial charge in [-0.3, -0.25) is 0 Å². The van der Waals surface area contributed by atoms with Gasteiger partial charge in [0.05, 0.1) is 0 Å². The average Bonchev–Trinajstić information content (AvgIpc) is 2.25. The van der Waals surface area contributed by atoms with Gasteiger partial charge in [-0.15, -0.1) is 6.58 Å². The van der Waals surface area contributed by atoms with E-state index >= 15 is 0 Å². The highest BCUT2D eigenvalue weighted by atomic mass is 16.6. The van der Waals surface area contributed by atoms with Gasteiger partial charge in [0.1, 0.15) is 25.9 Å². The van der Waals surface area contributed by atoms with Gasteiger partial charge < -0.3 is 19.7 Å². The molecule has 15 heavy (non-hydrogen) atoms. The molecule has 2 N–H and O–H groups in total. The molecule has 1 unspecified atom stereocenters. The Labute approximate surface area is 87.1 Å². The van der Waals surface area contributed by atoms with Crippen molar-refractivity contribution in [3.05, 3.63) is 12.7 Å². The number of carbonyl (C=O) groups is 2. The largest absolute Gasteiger partial charge is 0.460 e. The zero-order chi connectivity index (χ0) is 11.7. The van der Waals surface area contributed by atoms with Gasteiger partial charge in [0, 0.05) is 6.42 Å². The number of rotatable bonds is 7. The molecule has 0 rings (SSSR count). The van der Waals surface area contributed by atoms with Crippen LogP contribution in [0.2, 0.25) is 0 Å². The third-order valence-electron chi connectivity index (χ3n) is 1.42. The third-order valence-corrected chi connectivity index (χ3v) is 1.42. The number of aliphatic hydroxyl groups excluding tert-OH is 2. The first-order valence-electron chi connectivity index (χ1n) is 4.31. The fraction of sp³-hybridized carbons (Fsp3) is 0.556. The zero-order valence-electron chi connectivity index (χ0n) is 8.22. The summed E-state index contributed by atoms with van der Waals surface area (Å²) in [5.74, 6) is -1.61. The normalized spacial score (nSPS) is 11.6. The van der Waals surface area contributed by atoms with Crippen molar-refractivity contribution in [1.29, 1.82) is 0 Å². The molecule has 0 aliphatic rings. The molecule has 0 aromatic carbocycles. The second-order valence-corrected chi connectivity index (χ2v) is 2.64. The maximum atomic E-state index is 10.7. The van der Waals surface area contributed by atoms with E-state index in [1.807, 2.05) is 0 Å². The van der Waals surface area contributed by atoms with Crippen molar-refractivity contribution in [1.82, 2.24) is 0 Å². The van der Waals surface area contributed by atoms with Gasteiger partial charge in [-0.25, -0.2) is 9.59 Å². The summed E-state index contributed by atoms with van der Waals surface area (Å²) in [5.41, 5.74) is 0. The summed E-state index contributed by atoms with van der Waals surface area (Å²) in [6, 6.07) is 0. The van der Waals surface area contributed by atoms with Crippen molar-refractivity contribution in [2.75, 3.05) is 19.8 Å². The van der Waals surface area contributed by atoms with Gasteiger partial charge in [0.25, 0.3) is 0 Å². The SMILES string of the molecule is C=CCC(COC(=O)CO)OC(=O)CO. The Morgan fingerprint density at radius 3 is 2.33 bits per heavy atom. The Morgan fingerprint density at radius 2 is 1.87 bits per heavy atom. The predicted molar refractivity (Wildman–Crippen MR) is 49.8 cm³/mol. The first-order valence-corrected chi connectivity index (χ1v) is 4.31. The smallest absolute Gasteiger partial charge is 0.332 e. The summed E-state index contributed by atoms with van der Waals surface area (Å²) in [6.45, 7) is 1.81. The Morgan fingerprint density at radius 1 is 1.27 bits per heavy atom. The van der Waals surface area contributed by atoms with E-state index in [1.54, 1.807) is 0 Å². The molecule has 0 heterocycles. The average molecular weight is 218 g/mol. The minimum absolute atomic E-state index is 0.169. The van der Waals surface area contributed by atoms with Gasteiger partial charge in [0.15, 0.2) is 0 Å². The second-order valence-electron chi connectivity index (χ2n) is 2.64. The van der Waals surface area contributed by atoms with Gasteiger partial charge >= 0.3 is 11.9 Å². The summed E-state index contributed by atoms with van der Waals surface area (Å²) in [5, 5.41) is 16.8. The van der Waals surface area contributed by atoms with Gasteiger partial charge in [-0.2, -0.15) is 0 Å². The van der Waals surface area contributed by atoms with Crippen LogP contribution in [0, 0.1) is 0 Å². The quantitative estimate of drug-likeness (QED) is 0.420. The maximum Gasteiger partial charge on any atom is 0.332 e. The lowest BCUT2D eigenvalue weighted by molar-refractivity contribution is -0.162. The number of hydrogen-bond donors (Lipinski definition) is 2. The fourth-order valence-corrected chi connectivity index (χ4v) is 0.791. The molecule has 0 bridgehead atoms. The van der Waals surface area contributed by atoms with Crippen molar-refractivity contribution in [3.8, 4) is 0 Å². The molecular weight excluding hydrogens is 204 g/mol. The Hall–Kier alpha value is -1.40. The third kappa shape index (κ3) is 6.64. The van der Waals surface area contributed by atoms with Crippen LogP contribution in [-0.4, -0.2) is 48.1 Å². The topological polar surface area (TPSA) is 93.1 Å². The molecule has 0 aliphatic heterocycles. The van der Waals surface area contributed by atoms with Crippen molar-refractivity contribution in [2.45, 2.75) is 12.5 Å². The Balaban J connectivity index is 3.97. The number of ether oxygens (including phenoxy) is 2. The first-order chi connectivity index (χ1) is 7.13. The molecule has 0 aromatic rings. The second kappa shape index (κ2) is 7.95. The molecule has 0 spiro atoms. The van der Waals surface area contributed by atoms with Crippen LogP contribution in [0.25, 0.3) is 0 Å². The highest BCUT2D eigenvalue weighted by Gasteiger charge is 2.14. The van der Waals surface area contributed by atoms with Crippen LogP contribution in [0.15, 0.2) is 12.7 Å². The minimum Gasteiger partial charge on any atom is -0.460 e. The standard InChI is InChI=1S/C9H14O6/c1-2-3-7(15-9(13)5-11)6-14-8(12)4-10/h2,7,10-11H,1,3-6H2. The summed E-state index contributed by atoms with van der Waals surface area (Å²) >= 11 is 0. The Bertz CT molecular complexity index is 225. The van der Waals surface area contributed by atoms with E-state index in [0.717, 1.165) is 0 Å². The van der Waals surface area contributed by atoms with E-state index in [1.165, 1.54) is 6.08 Å². The highest BCUT2D eigenvalue weighted by molar-refractivity contribution is 5.71. The molecule has 0 amide bonds. The number of carbonyl (C=O) groups excluding carboxylic acids is 2. The monoisotopic (exact) mass is 218 g/mol. The molecule has 6 heteroatoms. The van der Waals surface area contributed by atoms with Gasteiger partial charge in [-0.05, 0) is 0 Å². The van der Waals surface area contributed by atoms with E-state index in [2.05, 4.69) is 11.3 Å². The van der Waals surface area contributed by atoms with Crippen LogP contribution < -0.4 is 0 Å². The van der Waals surface area contributed by atoms with Gasteiger partial charge in [-0.1, -0.05) is 6.08 Å². The van der Waals surface area contributed by atoms with E-state index in [4.69, 9.17) is 14.9 Å². The maximum absolute atomic E-state index is 10.7. The molecule has 0 saturated carbocycles. The van der Waals surface area contributed by atoms with E-state index < -0.39 is 31.3 Å². The lowest BCUT2D eigenvalue weighted by atomic mass is 10.2. The highest BCUT2D eigenvalue weighted by Crippen LogP contribution is 2.01. The van der Waals surface area contributed by atoms with Crippen LogP contribution in [0.4, 0.5) is 0 Å². The summed E-state index contributed by atoms with van der Waals surface area (Å²) < 4.78 is 9.27. The van der Waals surface area contributed by atoms with Crippen LogP contribution >= 0.6 is 0 Å². The van der Waals surface area contributed by atoms with E-state index in [-0.39, 0.29) is 6.61 Å². The fourth-order valence-electron chi connectivity index (χ4n) is 0.791. The van der Waals surface area contributed by atoms with E-state index in [0.29, 0.717) is 6.42 Å². The minimum atomic E-state index is -0.804. The molecule has 1 atom stereocenters. The molecule has 0 aliphatic carbocycles. The number of hydrogen-bond acceptors (Lipinski definition) is 6. The first kappa shape index (κ1) is 13.6. The molecule has 0 fully saturated rings. The predicted octanol–water partition coefficient (Wildman–Crippen LogP) is -0.998. The Kier molecular flexibility index (Phi) is 7.21. The number of aliphatic hydroxyl groups is 2. The molecule has 0 radical (unpaired) electrons. The molecule has 86 valence electrons. The molecular formula is C9H14O6. The lowest BCUT2D eigenvalue weighted by Gasteiger charge is -2.15. The zero-order valence-corrected chi connectivity index (χ0v) is 8.22. The molecule has 0 aromatic heterocycles. The molecule has 0 saturated heterocycles.